The van der Waals surface area contributed by atoms with E-state index >= 15 is 0 Å². The van der Waals surface area contributed by atoms with Crippen LogP contribution in [-0.4, -0.2) is 45.5 Å². The highest BCUT2D eigenvalue weighted by atomic mass is 32.1. The SMILES string of the molecule is CNc1nc(C(=O)N2CCC[C@@H](c3nccn3CC3CCC3)C2)cs1. The third kappa shape index (κ3) is 3.42. The van der Waals surface area contributed by atoms with Crippen molar-refractivity contribution in [2.24, 2.45) is 5.92 Å². The number of piperidine rings is 1. The zero-order valence-electron chi connectivity index (χ0n) is 14.6. The molecule has 0 radical (unpaired) electrons. The molecule has 7 heteroatoms. The maximum atomic E-state index is 12.8. The van der Waals surface area contributed by atoms with Crippen molar-refractivity contribution >= 4 is 22.4 Å². The molecule has 4 rings (SSSR count). The lowest BCUT2D eigenvalue weighted by Gasteiger charge is -2.33. The molecule has 1 aliphatic carbocycles. The van der Waals surface area contributed by atoms with Crippen molar-refractivity contribution in [1.29, 1.82) is 0 Å². The van der Waals surface area contributed by atoms with Crippen LogP contribution in [0.5, 0.6) is 0 Å². The van der Waals surface area contributed by atoms with E-state index in [0.717, 1.165) is 49.3 Å². The molecular weight excluding hydrogens is 334 g/mol. The van der Waals surface area contributed by atoms with Crippen molar-refractivity contribution in [3.63, 3.8) is 0 Å². The fraction of sp³-hybridized carbons (Fsp3) is 0.611. The van der Waals surface area contributed by atoms with Crippen molar-refractivity contribution in [2.75, 3.05) is 25.5 Å². The van der Waals surface area contributed by atoms with Gasteiger partial charge in [0.1, 0.15) is 11.5 Å². The molecule has 2 aromatic rings. The van der Waals surface area contributed by atoms with Crippen LogP contribution < -0.4 is 5.32 Å². The summed E-state index contributed by atoms with van der Waals surface area (Å²) in [5.74, 6) is 2.33. The van der Waals surface area contributed by atoms with Gasteiger partial charge in [0, 0.05) is 50.4 Å². The first-order valence-corrected chi connectivity index (χ1v) is 10.1. The Bertz CT molecular complexity index is 735. The minimum atomic E-state index is 0.0412. The summed E-state index contributed by atoms with van der Waals surface area (Å²) in [4.78, 5) is 23.7. The Kier molecular flexibility index (Phi) is 4.74. The number of imidazole rings is 1. The second-order valence-electron chi connectivity index (χ2n) is 7.11. The zero-order chi connectivity index (χ0) is 17.2. The summed E-state index contributed by atoms with van der Waals surface area (Å²) in [6, 6.07) is 0. The summed E-state index contributed by atoms with van der Waals surface area (Å²) in [5, 5.41) is 5.62. The van der Waals surface area contributed by atoms with Gasteiger partial charge in [0.2, 0.25) is 0 Å². The van der Waals surface area contributed by atoms with Crippen molar-refractivity contribution in [2.45, 2.75) is 44.6 Å². The number of likely N-dealkylation sites (tertiary alicyclic amines) is 1. The first kappa shape index (κ1) is 16.6. The molecule has 0 unspecified atom stereocenters. The van der Waals surface area contributed by atoms with Gasteiger partial charge in [0.05, 0.1) is 0 Å². The number of rotatable bonds is 5. The number of hydrogen-bond acceptors (Lipinski definition) is 5. The van der Waals surface area contributed by atoms with Crippen LogP contribution in [0.4, 0.5) is 5.13 Å². The van der Waals surface area contributed by atoms with Gasteiger partial charge in [0.15, 0.2) is 5.13 Å². The normalized spacial score (nSPS) is 21.2. The number of carbonyl (C=O) groups is 1. The first-order valence-electron chi connectivity index (χ1n) is 9.18. The lowest BCUT2D eigenvalue weighted by atomic mass is 9.85. The summed E-state index contributed by atoms with van der Waals surface area (Å²) in [5.41, 5.74) is 0.549. The third-order valence-corrected chi connectivity index (χ3v) is 6.30. The highest BCUT2D eigenvalue weighted by molar-refractivity contribution is 7.13. The molecule has 2 aliphatic rings. The molecule has 2 aromatic heterocycles. The van der Waals surface area contributed by atoms with Gasteiger partial charge in [-0.05, 0) is 31.6 Å². The Hall–Kier alpha value is -1.89. The monoisotopic (exact) mass is 359 g/mol. The van der Waals surface area contributed by atoms with E-state index in [1.807, 2.05) is 23.5 Å². The molecule has 1 N–H and O–H groups in total. The third-order valence-electron chi connectivity index (χ3n) is 5.44. The molecule has 1 saturated heterocycles. The van der Waals surface area contributed by atoms with E-state index in [1.165, 1.54) is 30.6 Å². The average Bonchev–Trinajstić information content (AvgIpc) is 3.26. The number of hydrogen-bond donors (Lipinski definition) is 1. The average molecular weight is 359 g/mol. The number of carbonyl (C=O) groups excluding carboxylic acids is 1. The lowest BCUT2D eigenvalue weighted by molar-refractivity contribution is 0.0697. The zero-order valence-corrected chi connectivity index (χ0v) is 15.5. The Labute approximate surface area is 152 Å². The number of aromatic nitrogens is 3. The van der Waals surface area contributed by atoms with Crippen LogP contribution in [0.25, 0.3) is 0 Å². The van der Waals surface area contributed by atoms with E-state index in [1.54, 1.807) is 0 Å². The van der Waals surface area contributed by atoms with Gasteiger partial charge in [-0.2, -0.15) is 0 Å². The topological polar surface area (TPSA) is 63.1 Å². The number of nitrogens with one attached hydrogen (secondary N) is 1. The fourth-order valence-corrected chi connectivity index (χ4v) is 4.46. The highest BCUT2D eigenvalue weighted by Crippen LogP contribution is 2.31. The predicted octanol–water partition coefficient (Wildman–Crippen LogP) is 3.20. The molecular formula is C18H25N5OS. The van der Waals surface area contributed by atoms with Crippen LogP contribution >= 0.6 is 11.3 Å². The van der Waals surface area contributed by atoms with Crippen molar-refractivity contribution in [1.82, 2.24) is 19.4 Å². The molecule has 6 nitrogen and oxygen atoms in total. The van der Waals surface area contributed by atoms with Gasteiger partial charge in [-0.1, -0.05) is 6.42 Å². The van der Waals surface area contributed by atoms with Gasteiger partial charge in [0.25, 0.3) is 5.91 Å². The molecule has 134 valence electrons. The Morgan fingerprint density at radius 3 is 2.96 bits per heavy atom. The molecule has 25 heavy (non-hydrogen) atoms. The summed E-state index contributed by atoms with van der Waals surface area (Å²) in [7, 11) is 1.83. The number of thiazole rings is 1. The van der Waals surface area contributed by atoms with Crippen molar-refractivity contribution in [3.8, 4) is 0 Å². The van der Waals surface area contributed by atoms with Crippen molar-refractivity contribution < 1.29 is 4.79 Å². The van der Waals surface area contributed by atoms with E-state index in [-0.39, 0.29) is 5.91 Å². The van der Waals surface area contributed by atoms with Crippen LogP contribution in [0.3, 0.4) is 0 Å². The number of anilines is 1. The van der Waals surface area contributed by atoms with E-state index in [2.05, 4.69) is 26.0 Å². The van der Waals surface area contributed by atoms with Crippen LogP contribution in [0.2, 0.25) is 0 Å². The Morgan fingerprint density at radius 1 is 1.36 bits per heavy atom. The van der Waals surface area contributed by atoms with E-state index in [0.29, 0.717) is 11.6 Å². The fourth-order valence-electron chi connectivity index (χ4n) is 3.81. The molecule has 1 saturated carbocycles. The minimum Gasteiger partial charge on any atom is -0.365 e. The molecule has 0 bridgehead atoms. The molecule has 0 spiro atoms. The Morgan fingerprint density at radius 2 is 2.24 bits per heavy atom. The van der Waals surface area contributed by atoms with Crippen LogP contribution in [0, 0.1) is 5.92 Å². The standard InChI is InChI=1S/C18H25N5OS/c1-19-18-21-15(12-25-18)17(24)23-8-3-6-14(11-23)16-20-7-9-22(16)10-13-4-2-5-13/h7,9,12-14H,2-6,8,10-11H2,1H3,(H,19,21)/t14-/m1/s1. The maximum Gasteiger partial charge on any atom is 0.273 e. The molecule has 3 heterocycles. The predicted molar refractivity (Wildman–Crippen MR) is 99.1 cm³/mol. The van der Waals surface area contributed by atoms with Gasteiger partial charge in [-0.3, -0.25) is 4.79 Å². The molecule has 2 fully saturated rings. The summed E-state index contributed by atoms with van der Waals surface area (Å²) >= 11 is 1.47. The summed E-state index contributed by atoms with van der Waals surface area (Å²) < 4.78 is 2.32. The van der Waals surface area contributed by atoms with Crippen LogP contribution in [0.15, 0.2) is 17.8 Å². The van der Waals surface area contributed by atoms with E-state index < -0.39 is 0 Å². The van der Waals surface area contributed by atoms with Crippen LogP contribution in [0.1, 0.15) is 54.3 Å². The summed E-state index contributed by atoms with van der Waals surface area (Å²) in [6.07, 6.45) is 10.2. The van der Waals surface area contributed by atoms with Gasteiger partial charge in [-0.15, -0.1) is 11.3 Å². The quantitative estimate of drug-likeness (QED) is 0.890. The Balaban J connectivity index is 1.45. The van der Waals surface area contributed by atoms with Gasteiger partial charge < -0.3 is 14.8 Å². The van der Waals surface area contributed by atoms with Crippen molar-refractivity contribution in [3.05, 3.63) is 29.3 Å². The first-order chi connectivity index (χ1) is 12.2. The second kappa shape index (κ2) is 7.15. The van der Waals surface area contributed by atoms with E-state index in [4.69, 9.17) is 0 Å². The van der Waals surface area contributed by atoms with E-state index in [9.17, 15) is 4.79 Å². The number of amides is 1. The number of nitrogens with zero attached hydrogens (tertiary/aromatic N) is 4. The molecule has 1 aliphatic heterocycles. The highest BCUT2D eigenvalue weighted by Gasteiger charge is 2.29. The molecule has 0 aromatic carbocycles. The molecule has 1 atom stereocenters. The lowest BCUT2D eigenvalue weighted by Crippen LogP contribution is -2.40. The second-order valence-corrected chi connectivity index (χ2v) is 7.97. The maximum absolute atomic E-state index is 12.8. The summed E-state index contributed by atoms with van der Waals surface area (Å²) in [6.45, 7) is 2.63. The largest absolute Gasteiger partial charge is 0.365 e. The van der Waals surface area contributed by atoms with Crippen LogP contribution in [-0.2, 0) is 6.54 Å². The van der Waals surface area contributed by atoms with Gasteiger partial charge >= 0.3 is 0 Å². The minimum absolute atomic E-state index is 0.0412. The van der Waals surface area contributed by atoms with Gasteiger partial charge in [-0.25, -0.2) is 9.97 Å². The molecule has 1 amide bonds. The smallest absolute Gasteiger partial charge is 0.273 e.